The lowest BCUT2D eigenvalue weighted by Crippen LogP contribution is -2.17. The molecule has 0 atom stereocenters. The Kier molecular flexibility index (Phi) is 3.76. The average Bonchev–Trinajstić information content (AvgIpc) is 2.00. The molecule has 0 rings (SSSR count). The second-order valence-electron chi connectivity index (χ2n) is 2.75. The van der Waals surface area contributed by atoms with Crippen molar-refractivity contribution < 1.29 is 0 Å². The van der Waals surface area contributed by atoms with Gasteiger partial charge in [0.15, 0.2) is 5.17 Å². The highest BCUT2D eigenvalue weighted by Gasteiger charge is 2.16. The van der Waals surface area contributed by atoms with Crippen molar-refractivity contribution in [1.82, 2.24) is 0 Å². The van der Waals surface area contributed by atoms with Gasteiger partial charge in [-0.05, 0) is 13.8 Å². The van der Waals surface area contributed by atoms with Gasteiger partial charge in [0.25, 0.3) is 0 Å². The van der Waals surface area contributed by atoms with Gasteiger partial charge in [-0.25, -0.2) is 0 Å². The summed E-state index contributed by atoms with van der Waals surface area (Å²) in [5.41, 5.74) is 4.94. The minimum atomic E-state index is -0.375. The van der Waals surface area contributed by atoms with Crippen LogP contribution in [0.2, 0.25) is 0 Å². The summed E-state index contributed by atoms with van der Waals surface area (Å²) >= 11 is 1.29. The van der Waals surface area contributed by atoms with E-state index in [2.05, 4.69) is 11.2 Å². The van der Waals surface area contributed by atoms with Gasteiger partial charge < -0.3 is 11.6 Å². The normalized spacial score (nSPS) is 12.6. The SMILES string of the molecule is CC(C)(C#N)CS/C(N)=N/N. The van der Waals surface area contributed by atoms with Gasteiger partial charge in [0, 0.05) is 5.75 Å². The van der Waals surface area contributed by atoms with Crippen LogP contribution in [0.15, 0.2) is 5.10 Å². The van der Waals surface area contributed by atoms with Gasteiger partial charge in [0.2, 0.25) is 0 Å². The second-order valence-corrected chi connectivity index (χ2v) is 3.75. The standard InChI is InChI=1S/C6H12N4S/c1-6(2,3-7)4-11-5(8)10-9/h4,9H2,1-2H3,(H2,8,10). The third kappa shape index (κ3) is 4.51. The van der Waals surface area contributed by atoms with Crippen LogP contribution in [0.1, 0.15) is 13.8 Å². The lowest BCUT2D eigenvalue weighted by Gasteiger charge is -2.12. The fraction of sp³-hybridized carbons (Fsp3) is 0.667. The average molecular weight is 172 g/mol. The van der Waals surface area contributed by atoms with Gasteiger partial charge in [-0.3, -0.25) is 0 Å². The van der Waals surface area contributed by atoms with Gasteiger partial charge in [-0.1, -0.05) is 11.8 Å². The van der Waals surface area contributed by atoms with Crippen molar-refractivity contribution in [3.05, 3.63) is 0 Å². The lowest BCUT2D eigenvalue weighted by atomic mass is 10.00. The molecule has 0 unspecified atom stereocenters. The highest BCUT2D eigenvalue weighted by Crippen LogP contribution is 2.19. The Labute approximate surface area is 70.6 Å². The van der Waals surface area contributed by atoms with Crippen LogP contribution in [-0.2, 0) is 0 Å². The molecule has 0 saturated carbocycles. The number of hydrazone groups is 1. The summed E-state index contributed by atoms with van der Waals surface area (Å²) in [6, 6.07) is 2.15. The maximum absolute atomic E-state index is 8.60. The van der Waals surface area contributed by atoms with E-state index in [4.69, 9.17) is 16.8 Å². The molecule has 4 N–H and O–H groups in total. The summed E-state index contributed by atoms with van der Waals surface area (Å²) in [5, 5.41) is 12.2. The maximum atomic E-state index is 8.60. The van der Waals surface area contributed by atoms with Crippen LogP contribution in [0.4, 0.5) is 0 Å². The van der Waals surface area contributed by atoms with Crippen molar-refractivity contribution in [3.8, 4) is 6.07 Å². The van der Waals surface area contributed by atoms with Crippen LogP contribution in [0.3, 0.4) is 0 Å². The van der Waals surface area contributed by atoms with E-state index in [-0.39, 0.29) is 5.41 Å². The molecule has 0 radical (unpaired) electrons. The maximum Gasteiger partial charge on any atom is 0.177 e. The summed E-state index contributed by atoms with van der Waals surface area (Å²) in [4.78, 5) is 0. The van der Waals surface area contributed by atoms with Crippen LogP contribution in [0.25, 0.3) is 0 Å². The largest absolute Gasteiger partial charge is 0.377 e. The third-order valence-electron chi connectivity index (χ3n) is 1.01. The Morgan fingerprint density at radius 1 is 1.73 bits per heavy atom. The summed E-state index contributed by atoms with van der Waals surface area (Å²) in [7, 11) is 0. The number of amidine groups is 1. The number of hydrogen-bond acceptors (Lipinski definition) is 4. The van der Waals surface area contributed by atoms with Crippen LogP contribution < -0.4 is 11.6 Å². The van der Waals surface area contributed by atoms with Crippen LogP contribution in [0.5, 0.6) is 0 Å². The van der Waals surface area contributed by atoms with E-state index in [0.717, 1.165) is 0 Å². The Morgan fingerprint density at radius 2 is 2.27 bits per heavy atom. The zero-order valence-corrected chi connectivity index (χ0v) is 7.48. The first-order chi connectivity index (χ1) is 5.02. The van der Waals surface area contributed by atoms with Gasteiger partial charge in [-0.2, -0.15) is 10.4 Å². The van der Waals surface area contributed by atoms with Gasteiger partial charge in [-0.15, -0.1) is 0 Å². The van der Waals surface area contributed by atoms with Crippen molar-refractivity contribution >= 4 is 16.9 Å². The molecule has 0 aromatic carbocycles. The van der Waals surface area contributed by atoms with Gasteiger partial charge in [0.05, 0.1) is 11.5 Å². The van der Waals surface area contributed by atoms with E-state index in [1.165, 1.54) is 11.8 Å². The Balaban J connectivity index is 3.82. The van der Waals surface area contributed by atoms with Crippen LogP contribution in [-0.4, -0.2) is 10.9 Å². The van der Waals surface area contributed by atoms with E-state index in [0.29, 0.717) is 10.9 Å². The molecule has 0 heterocycles. The highest BCUT2D eigenvalue weighted by molar-refractivity contribution is 8.13. The monoisotopic (exact) mass is 172 g/mol. The van der Waals surface area contributed by atoms with Crippen LogP contribution >= 0.6 is 11.8 Å². The molecule has 0 aliphatic carbocycles. The van der Waals surface area contributed by atoms with E-state index in [9.17, 15) is 0 Å². The van der Waals surface area contributed by atoms with E-state index in [1.807, 2.05) is 13.8 Å². The van der Waals surface area contributed by atoms with E-state index >= 15 is 0 Å². The smallest absolute Gasteiger partial charge is 0.177 e. The minimum absolute atomic E-state index is 0.313. The zero-order chi connectivity index (χ0) is 8.91. The molecule has 0 saturated heterocycles. The number of thioether (sulfide) groups is 1. The highest BCUT2D eigenvalue weighted by atomic mass is 32.2. The predicted octanol–water partition coefficient (Wildman–Crippen LogP) is 0.458. The molecule has 0 amide bonds. The summed E-state index contributed by atoms with van der Waals surface area (Å²) in [6.45, 7) is 3.67. The first-order valence-corrected chi connectivity index (χ1v) is 4.08. The Hall–Kier alpha value is -0.890. The molecular formula is C6H12N4S. The zero-order valence-electron chi connectivity index (χ0n) is 6.66. The third-order valence-corrected chi connectivity index (χ3v) is 2.28. The Morgan fingerprint density at radius 3 is 2.64 bits per heavy atom. The van der Waals surface area contributed by atoms with Gasteiger partial charge >= 0.3 is 0 Å². The summed E-state index contributed by atoms with van der Waals surface area (Å²) in [5.74, 6) is 5.51. The predicted molar refractivity (Wildman–Crippen MR) is 47.7 cm³/mol. The molecule has 0 fully saturated rings. The number of rotatable bonds is 2. The molecule has 0 spiro atoms. The van der Waals surface area contributed by atoms with E-state index < -0.39 is 0 Å². The minimum Gasteiger partial charge on any atom is -0.377 e. The number of nitrogens with zero attached hydrogens (tertiary/aromatic N) is 2. The first-order valence-electron chi connectivity index (χ1n) is 3.09. The topological polar surface area (TPSA) is 88.2 Å². The number of nitriles is 1. The van der Waals surface area contributed by atoms with Crippen LogP contribution in [0, 0.1) is 16.7 Å². The molecule has 0 aromatic heterocycles. The lowest BCUT2D eigenvalue weighted by molar-refractivity contribution is 0.575. The summed E-state index contributed by atoms with van der Waals surface area (Å²) < 4.78 is 0. The molecule has 0 aliphatic rings. The van der Waals surface area contributed by atoms with Crippen molar-refractivity contribution in [3.63, 3.8) is 0 Å². The Bertz CT molecular complexity index is 191. The molecule has 62 valence electrons. The molecule has 11 heavy (non-hydrogen) atoms. The van der Waals surface area contributed by atoms with Crippen molar-refractivity contribution in [2.75, 3.05) is 5.75 Å². The fourth-order valence-corrected chi connectivity index (χ4v) is 0.972. The van der Waals surface area contributed by atoms with Gasteiger partial charge in [0.1, 0.15) is 0 Å². The quantitative estimate of drug-likeness (QED) is 0.274. The molecule has 5 heteroatoms. The van der Waals surface area contributed by atoms with Crippen molar-refractivity contribution in [1.29, 1.82) is 5.26 Å². The summed E-state index contributed by atoms with van der Waals surface area (Å²) in [6.07, 6.45) is 0. The molecular weight excluding hydrogens is 160 g/mol. The van der Waals surface area contributed by atoms with Crippen molar-refractivity contribution in [2.24, 2.45) is 22.1 Å². The second kappa shape index (κ2) is 4.09. The number of nitrogens with two attached hydrogens (primary N) is 2. The number of hydrogen-bond donors (Lipinski definition) is 2. The first kappa shape index (κ1) is 10.1. The van der Waals surface area contributed by atoms with Crippen molar-refractivity contribution in [2.45, 2.75) is 13.8 Å². The molecule has 0 bridgehead atoms. The molecule has 0 aliphatic heterocycles. The molecule has 4 nitrogen and oxygen atoms in total. The van der Waals surface area contributed by atoms with E-state index in [1.54, 1.807) is 0 Å². The molecule has 0 aromatic rings. The fourth-order valence-electron chi connectivity index (χ4n) is 0.324.